The number of ether oxygens (including phenoxy) is 3. The van der Waals surface area contributed by atoms with Crippen LogP contribution < -0.4 is 8.92 Å². The Morgan fingerprint density at radius 2 is 1.89 bits per heavy atom. The summed E-state index contributed by atoms with van der Waals surface area (Å²) in [6, 6.07) is 12.6. The molecule has 2 N–H and O–H groups in total. The highest BCUT2D eigenvalue weighted by Crippen LogP contribution is 2.49. The third kappa shape index (κ3) is 6.61. The molecular weight excluding hydrogens is 496 g/mol. The molecule has 3 rings (SSSR count). The third-order valence-electron chi connectivity index (χ3n) is 6.19. The molecule has 0 aliphatic carbocycles. The average molecular weight is 533 g/mol. The molecular formula is C28H36O8S. The fourth-order valence-corrected chi connectivity index (χ4v) is 5.28. The molecule has 0 saturated carbocycles. The summed E-state index contributed by atoms with van der Waals surface area (Å²) in [6.45, 7) is 11.2. The Labute approximate surface area is 219 Å². The molecule has 1 heterocycles. The molecule has 0 aromatic heterocycles. The van der Waals surface area contributed by atoms with Gasteiger partial charge in [0.1, 0.15) is 11.7 Å². The number of rotatable bonds is 13. The van der Waals surface area contributed by atoms with Crippen LogP contribution in [0.5, 0.6) is 11.5 Å². The van der Waals surface area contributed by atoms with Gasteiger partial charge in [0.05, 0.1) is 25.6 Å². The maximum atomic E-state index is 11.9. The van der Waals surface area contributed by atoms with E-state index in [-0.39, 0.29) is 24.5 Å². The molecule has 8 nitrogen and oxygen atoms in total. The van der Waals surface area contributed by atoms with E-state index in [9.17, 15) is 18.6 Å². The van der Waals surface area contributed by atoms with Gasteiger partial charge in [0.2, 0.25) is 0 Å². The Morgan fingerprint density at radius 1 is 1.19 bits per heavy atom. The lowest BCUT2D eigenvalue weighted by Crippen LogP contribution is -2.48. The molecule has 1 aliphatic rings. The average Bonchev–Trinajstić information content (AvgIpc) is 3.21. The molecule has 1 aliphatic heterocycles. The molecule has 9 heteroatoms. The SMILES string of the molecule is C=CCc1c([C@@H](C=C)[C@@H]2O[C@H](c3ccccc3)O[C@]2(CO)C[C@H](C)O)ccc(OS(C)(=O)=O)c1OCC. The molecule has 5 atom stereocenters. The van der Waals surface area contributed by atoms with Crippen LogP contribution in [0.15, 0.2) is 67.8 Å². The van der Waals surface area contributed by atoms with Crippen molar-refractivity contribution in [2.75, 3.05) is 19.5 Å². The van der Waals surface area contributed by atoms with E-state index in [4.69, 9.17) is 18.4 Å². The van der Waals surface area contributed by atoms with Crippen molar-refractivity contribution in [3.8, 4) is 11.5 Å². The first-order valence-electron chi connectivity index (χ1n) is 12.2. The largest absolute Gasteiger partial charge is 0.490 e. The molecule has 0 unspecified atom stereocenters. The number of hydrogen-bond donors (Lipinski definition) is 2. The number of aliphatic hydroxyl groups excluding tert-OH is 2. The standard InChI is InChI=1S/C28H36O8S/c1-6-12-23-22(15-16-24(25(23)33-8-3)36-37(5,31)32)21(7-2)26-28(18-29,17-19(4)30)35-27(34-26)20-13-10-9-11-14-20/h6-7,9-11,13-16,19,21,26-27,29-30H,1-2,8,12,17-18H2,3-5H3/t19-,21+,26-,27-,28-/m0/s1. The third-order valence-corrected chi connectivity index (χ3v) is 6.67. The summed E-state index contributed by atoms with van der Waals surface area (Å²) in [5, 5.41) is 20.9. The van der Waals surface area contributed by atoms with Crippen LogP contribution >= 0.6 is 0 Å². The van der Waals surface area contributed by atoms with Crippen molar-refractivity contribution in [2.45, 2.75) is 56.7 Å². The van der Waals surface area contributed by atoms with Crippen LogP contribution in [0.1, 0.15) is 49.2 Å². The Hall–Kier alpha value is -2.69. The highest BCUT2D eigenvalue weighted by Gasteiger charge is 2.53. The van der Waals surface area contributed by atoms with Gasteiger partial charge in [-0.25, -0.2) is 0 Å². The fraction of sp³-hybridized carbons (Fsp3) is 0.429. The molecule has 1 fully saturated rings. The van der Waals surface area contributed by atoms with E-state index >= 15 is 0 Å². The summed E-state index contributed by atoms with van der Waals surface area (Å²) in [6.07, 6.45) is 2.50. The van der Waals surface area contributed by atoms with Crippen LogP contribution in [0.4, 0.5) is 0 Å². The van der Waals surface area contributed by atoms with Gasteiger partial charge >= 0.3 is 10.1 Å². The molecule has 0 amide bonds. The molecule has 2 aromatic rings. The minimum atomic E-state index is -3.81. The monoisotopic (exact) mass is 532 g/mol. The second kappa shape index (κ2) is 12.2. The summed E-state index contributed by atoms with van der Waals surface area (Å²) < 4.78 is 47.7. The summed E-state index contributed by atoms with van der Waals surface area (Å²) in [4.78, 5) is 0. The van der Waals surface area contributed by atoms with Gasteiger partial charge in [-0.15, -0.1) is 13.2 Å². The van der Waals surface area contributed by atoms with Crippen molar-refractivity contribution < 1.29 is 37.0 Å². The second-order valence-corrected chi connectivity index (χ2v) is 10.7. The van der Waals surface area contributed by atoms with E-state index in [0.717, 1.165) is 17.4 Å². The topological polar surface area (TPSA) is 112 Å². The lowest BCUT2D eigenvalue weighted by molar-refractivity contribution is -0.119. The number of hydrogen-bond acceptors (Lipinski definition) is 8. The minimum Gasteiger partial charge on any atom is -0.490 e. The lowest BCUT2D eigenvalue weighted by Gasteiger charge is -2.36. The van der Waals surface area contributed by atoms with Gasteiger partial charge in [0.25, 0.3) is 0 Å². The predicted molar refractivity (Wildman–Crippen MR) is 141 cm³/mol. The van der Waals surface area contributed by atoms with E-state index in [1.54, 1.807) is 32.1 Å². The van der Waals surface area contributed by atoms with Crippen molar-refractivity contribution >= 4 is 10.1 Å². The molecule has 1 saturated heterocycles. The van der Waals surface area contributed by atoms with Crippen molar-refractivity contribution in [1.82, 2.24) is 0 Å². The van der Waals surface area contributed by atoms with Gasteiger partial charge in [-0.3, -0.25) is 0 Å². The van der Waals surface area contributed by atoms with Crippen LogP contribution in [0.25, 0.3) is 0 Å². The van der Waals surface area contributed by atoms with Gasteiger partial charge in [-0.05, 0) is 31.9 Å². The second-order valence-electron chi connectivity index (χ2n) is 9.13. The smallest absolute Gasteiger partial charge is 0.306 e. The zero-order valence-corrected chi connectivity index (χ0v) is 22.3. The Balaban J connectivity index is 2.17. The minimum absolute atomic E-state index is 0.0657. The highest BCUT2D eigenvalue weighted by atomic mass is 32.2. The Kier molecular flexibility index (Phi) is 9.55. The molecule has 37 heavy (non-hydrogen) atoms. The van der Waals surface area contributed by atoms with Gasteiger partial charge in [0.15, 0.2) is 17.8 Å². The zero-order chi connectivity index (χ0) is 27.2. The molecule has 202 valence electrons. The predicted octanol–water partition coefficient (Wildman–Crippen LogP) is 4.04. The Bertz CT molecular complexity index is 1180. The van der Waals surface area contributed by atoms with Crippen LogP contribution in [-0.4, -0.2) is 55.9 Å². The highest BCUT2D eigenvalue weighted by molar-refractivity contribution is 7.86. The van der Waals surface area contributed by atoms with Gasteiger partial charge < -0.3 is 28.6 Å². The number of aliphatic hydroxyl groups is 2. The van der Waals surface area contributed by atoms with Crippen molar-refractivity contribution in [2.24, 2.45) is 0 Å². The first kappa shape index (κ1) is 28.9. The molecule has 0 bridgehead atoms. The van der Waals surface area contributed by atoms with E-state index in [0.29, 0.717) is 12.0 Å². The van der Waals surface area contributed by atoms with Crippen LogP contribution in [0.3, 0.4) is 0 Å². The number of benzene rings is 2. The fourth-order valence-electron chi connectivity index (χ4n) is 4.82. The summed E-state index contributed by atoms with van der Waals surface area (Å²) in [5.74, 6) is -0.183. The molecule has 0 spiro atoms. The normalized spacial score (nSPS) is 23.3. The van der Waals surface area contributed by atoms with Gasteiger partial charge in [-0.2, -0.15) is 8.42 Å². The van der Waals surface area contributed by atoms with Crippen molar-refractivity contribution in [3.05, 3.63) is 84.5 Å². The van der Waals surface area contributed by atoms with Crippen LogP contribution in [-0.2, 0) is 26.0 Å². The zero-order valence-electron chi connectivity index (χ0n) is 21.5. The van der Waals surface area contributed by atoms with Crippen molar-refractivity contribution in [3.63, 3.8) is 0 Å². The van der Waals surface area contributed by atoms with E-state index in [2.05, 4.69) is 13.2 Å². The first-order chi connectivity index (χ1) is 17.6. The summed E-state index contributed by atoms with van der Waals surface area (Å²) >= 11 is 0. The van der Waals surface area contributed by atoms with Gasteiger partial charge in [-0.1, -0.05) is 48.6 Å². The quantitative estimate of drug-likeness (QED) is 0.294. The van der Waals surface area contributed by atoms with E-state index < -0.39 is 46.7 Å². The Morgan fingerprint density at radius 3 is 2.43 bits per heavy atom. The first-order valence-corrected chi connectivity index (χ1v) is 14.0. The van der Waals surface area contributed by atoms with Crippen LogP contribution in [0.2, 0.25) is 0 Å². The summed E-state index contributed by atoms with van der Waals surface area (Å²) in [7, 11) is -3.81. The van der Waals surface area contributed by atoms with Crippen molar-refractivity contribution in [1.29, 1.82) is 0 Å². The van der Waals surface area contributed by atoms with E-state index in [1.807, 2.05) is 30.3 Å². The number of allylic oxidation sites excluding steroid dienone is 1. The lowest BCUT2D eigenvalue weighted by atomic mass is 9.78. The van der Waals surface area contributed by atoms with Gasteiger partial charge in [0, 0.05) is 23.5 Å². The van der Waals surface area contributed by atoms with E-state index in [1.165, 1.54) is 6.07 Å². The summed E-state index contributed by atoms with van der Waals surface area (Å²) in [5.41, 5.74) is 0.907. The maximum Gasteiger partial charge on any atom is 0.306 e. The molecule has 0 radical (unpaired) electrons. The molecule has 2 aromatic carbocycles. The maximum absolute atomic E-state index is 11.9. The van der Waals surface area contributed by atoms with Crippen LogP contribution in [0, 0.1) is 0 Å².